The number of fused-ring (bicyclic) bond motifs is 1. The fourth-order valence-corrected chi connectivity index (χ4v) is 3.89. The molecule has 0 radical (unpaired) electrons. The van der Waals surface area contributed by atoms with E-state index in [-0.39, 0.29) is 0 Å². The summed E-state index contributed by atoms with van der Waals surface area (Å²) in [6, 6.07) is 2.62. The van der Waals surface area contributed by atoms with Crippen LogP contribution in [0.3, 0.4) is 0 Å². The number of hydrogen-bond donors (Lipinski definition) is 1. The monoisotopic (exact) mass is 261 g/mol. The first-order valence-electron chi connectivity index (χ1n) is 6.74. The van der Waals surface area contributed by atoms with E-state index in [0.717, 1.165) is 23.2 Å². The molecule has 1 aliphatic carbocycles. The van der Waals surface area contributed by atoms with Gasteiger partial charge < -0.3 is 5.32 Å². The molecule has 0 amide bonds. The van der Waals surface area contributed by atoms with Gasteiger partial charge in [-0.05, 0) is 36.1 Å². The summed E-state index contributed by atoms with van der Waals surface area (Å²) >= 11 is 1.72. The maximum absolute atomic E-state index is 4.42. The second-order valence-corrected chi connectivity index (χ2v) is 6.13. The number of anilines is 1. The van der Waals surface area contributed by atoms with Crippen molar-refractivity contribution in [1.29, 1.82) is 0 Å². The summed E-state index contributed by atoms with van der Waals surface area (Å²) in [5.74, 6) is 2.62. The van der Waals surface area contributed by atoms with Gasteiger partial charge >= 0.3 is 0 Å². The van der Waals surface area contributed by atoms with Crippen LogP contribution in [-0.2, 0) is 0 Å². The largest absolute Gasteiger partial charge is 0.366 e. The zero-order valence-corrected chi connectivity index (χ0v) is 11.7. The summed E-state index contributed by atoms with van der Waals surface area (Å²) < 4.78 is 1.18. The Morgan fingerprint density at radius 3 is 3.06 bits per heavy atom. The van der Waals surface area contributed by atoms with E-state index in [4.69, 9.17) is 0 Å². The van der Waals surface area contributed by atoms with E-state index in [2.05, 4.69) is 40.6 Å². The van der Waals surface area contributed by atoms with Crippen molar-refractivity contribution < 1.29 is 0 Å². The minimum Gasteiger partial charge on any atom is -0.366 e. The Morgan fingerprint density at radius 1 is 1.39 bits per heavy atom. The van der Waals surface area contributed by atoms with E-state index in [1.54, 1.807) is 17.7 Å². The third-order valence-electron chi connectivity index (χ3n) is 4.32. The quantitative estimate of drug-likeness (QED) is 0.909. The molecule has 4 heteroatoms. The molecular weight excluding hydrogens is 242 g/mol. The number of nitrogens with one attached hydrogen (secondary N) is 1. The Labute approximate surface area is 112 Å². The van der Waals surface area contributed by atoms with Crippen LogP contribution in [0.1, 0.15) is 33.1 Å². The standard InChI is InChI=1S/C14H19N3S/c1-3-10-4-5-11(9(10)2)17-14-13-12(6-7-18-13)15-8-16-14/h6-11H,3-5H2,1-2H3,(H,15,16,17). The molecule has 2 aromatic rings. The molecule has 0 aliphatic heterocycles. The van der Waals surface area contributed by atoms with Crippen LogP contribution in [0, 0.1) is 11.8 Å². The van der Waals surface area contributed by atoms with Crippen molar-refractivity contribution in [1.82, 2.24) is 9.97 Å². The highest BCUT2D eigenvalue weighted by molar-refractivity contribution is 7.17. The second kappa shape index (κ2) is 4.84. The van der Waals surface area contributed by atoms with Crippen molar-refractivity contribution in [3.05, 3.63) is 17.8 Å². The van der Waals surface area contributed by atoms with Gasteiger partial charge in [-0.15, -0.1) is 11.3 Å². The number of nitrogens with zero attached hydrogens (tertiary/aromatic N) is 2. The predicted molar refractivity (Wildman–Crippen MR) is 77.0 cm³/mol. The summed E-state index contributed by atoms with van der Waals surface area (Å²) in [4.78, 5) is 8.70. The van der Waals surface area contributed by atoms with Crippen LogP contribution in [0.25, 0.3) is 10.2 Å². The van der Waals surface area contributed by atoms with Crippen LogP contribution >= 0.6 is 11.3 Å². The zero-order chi connectivity index (χ0) is 12.5. The van der Waals surface area contributed by atoms with E-state index in [1.807, 2.05) is 0 Å². The molecule has 1 aliphatic rings. The van der Waals surface area contributed by atoms with Crippen molar-refractivity contribution in [3.63, 3.8) is 0 Å². The molecule has 0 spiro atoms. The maximum Gasteiger partial charge on any atom is 0.147 e. The average Bonchev–Trinajstić information content (AvgIpc) is 2.98. The molecule has 2 heterocycles. The Hall–Kier alpha value is -1.16. The van der Waals surface area contributed by atoms with Crippen molar-refractivity contribution in [2.24, 2.45) is 11.8 Å². The highest BCUT2D eigenvalue weighted by atomic mass is 32.1. The van der Waals surface area contributed by atoms with Crippen LogP contribution in [0.2, 0.25) is 0 Å². The lowest BCUT2D eigenvalue weighted by Crippen LogP contribution is -2.25. The van der Waals surface area contributed by atoms with Gasteiger partial charge in [0.05, 0.1) is 10.2 Å². The lowest BCUT2D eigenvalue weighted by atomic mass is 9.93. The SMILES string of the molecule is CCC1CCC(Nc2ncnc3ccsc23)C1C. The van der Waals surface area contributed by atoms with Crippen LogP contribution in [-0.4, -0.2) is 16.0 Å². The molecule has 2 aromatic heterocycles. The van der Waals surface area contributed by atoms with Crippen molar-refractivity contribution >= 4 is 27.4 Å². The summed E-state index contributed by atoms with van der Waals surface area (Å²) in [6.07, 6.45) is 5.55. The molecule has 0 aromatic carbocycles. The molecule has 18 heavy (non-hydrogen) atoms. The molecular formula is C14H19N3S. The number of rotatable bonds is 3. The molecule has 1 fully saturated rings. The Kier molecular flexibility index (Phi) is 3.20. The first-order valence-corrected chi connectivity index (χ1v) is 7.62. The van der Waals surface area contributed by atoms with E-state index >= 15 is 0 Å². The van der Waals surface area contributed by atoms with Gasteiger partial charge in [-0.25, -0.2) is 9.97 Å². The molecule has 3 atom stereocenters. The number of aromatic nitrogens is 2. The van der Waals surface area contributed by atoms with Gasteiger partial charge in [0.1, 0.15) is 12.1 Å². The molecule has 3 rings (SSSR count). The zero-order valence-electron chi connectivity index (χ0n) is 10.9. The lowest BCUT2D eigenvalue weighted by Gasteiger charge is -2.21. The van der Waals surface area contributed by atoms with Crippen LogP contribution in [0.5, 0.6) is 0 Å². The fourth-order valence-electron chi connectivity index (χ4n) is 3.09. The molecule has 3 unspecified atom stereocenters. The predicted octanol–water partition coefficient (Wildman–Crippen LogP) is 3.93. The summed E-state index contributed by atoms with van der Waals surface area (Å²) in [5.41, 5.74) is 1.05. The van der Waals surface area contributed by atoms with E-state index in [0.29, 0.717) is 6.04 Å². The Bertz CT molecular complexity index is 537. The summed E-state index contributed by atoms with van der Waals surface area (Å²) in [7, 11) is 0. The third-order valence-corrected chi connectivity index (χ3v) is 5.23. The first kappa shape index (κ1) is 11.9. The Balaban J connectivity index is 1.83. The van der Waals surface area contributed by atoms with Crippen LogP contribution < -0.4 is 5.32 Å². The number of thiophene rings is 1. The van der Waals surface area contributed by atoms with Gasteiger partial charge in [-0.3, -0.25) is 0 Å². The molecule has 1 saturated carbocycles. The summed E-state index contributed by atoms with van der Waals surface area (Å²) in [6.45, 7) is 4.66. The van der Waals surface area contributed by atoms with Gasteiger partial charge in [0, 0.05) is 6.04 Å². The van der Waals surface area contributed by atoms with Gasteiger partial charge in [0.15, 0.2) is 0 Å². The van der Waals surface area contributed by atoms with Gasteiger partial charge in [-0.2, -0.15) is 0 Å². The second-order valence-electron chi connectivity index (χ2n) is 5.21. The van der Waals surface area contributed by atoms with Crippen molar-refractivity contribution in [2.45, 2.75) is 39.2 Å². The first-order chi connectivity index (χ1) is 8.79. The summed E-state index contributed by atoms with van der Waals surface area (Å²) in [5, 5.41) is 5.72. The van der Waals surface area contributed by atoms with Crippen molar-refractivity contribution in [3.8, 4) is 0 Å². The van der Waals surface area contributed by atoms with Gasteiger partial charge in [-0.1, -0.05) is 20.3 Å². The molecule has 0 saturated heterocycles. The average molecular weight is 261 g/mol. The van der Waals surface area contributed by atoms with Crippen LogP contribution in [0.15, 0.2) is 17.8 Å². The minimum absolute atomic E-state index is 0.565. The van der Waals surface area contributed by atoms with E-state index < -0.39 is 0 Å². The smallest absolute Gasteiger partial charge is 0.147 e. The van der Waals surface area contributed by atoms with E-state index in [1.165, 1.54) is 24.0 Å². The minimum atomic E-state index is 0.565. The normalized spacial score (nSPS) is 27.8. The van der Waals surface area contributed by atoms with Crippen molar-refractivity contribution in [2.75, 3.05) is 5.32 Å². The number of hydrogen-bond acceptors (Lipinski definition) is 4. The highest BCUT2D eigenvalue weighted by Crippen LogP contribution is 2.36. The maximum atomic E-state index is 4.42. The lowest BCUT2D eigenvalue weighted by molar-refractivity contribution is 0.391. The molecule has 3 nitrogen and oxygen atoms in total. The van der Waals surface area contributed by atoms with Gasteiger partial charge in [0.2, 0.25) is 0 Å². The van der Waals surface area contributed by atoms with Gasteiger partial charge in [0.25, 0.3) is 0 Å². The highest BCUT2D eigenvalue weighted by Gasteiger charge is 2.31. The Morgan fingerprint density at radius 2 is 2.28 bits per heavy atom. The topological polar surface area (TPSA) is 37.8 Å². The third kappa shape index (κ3) is 1.99. The molecule has 1 N–H and O–H groups in total. The molecule has 96 valence electrons. The van der Waals surface area contributed by atoms with E-state index in [9.17, 15) is 0 Å². The van der Waals surface area contributed by atoms with Crippen LogP contribution in [0.4, 0.5) is 5.82 Å². The molecule has 0 bridgehead atoms. The fraction of sp³-hybridized carbons (Fsp3) is 0.571.